The molecule has 1 amide bonds. The Morgan fingerprint density at radius 1 is 1.17 bits per heavy atom. The van der Waals surface area contributed by atoms with Gasteiger partial charge < -0.3 is 20.1 Å². The number of thioether (sulfide) groups is 1. The van der Waals surface area contributed by atoms with Gasteiger partial charge in [0.15, 0.2) is 5.65 Å². The largest absolute Gasteiger partial charge is 0.340 e. The maximum Gasteiger partial charge on any atom is 0.237 e. The standard InChI is InChI=1S/C20H21N7OS.ClH/c1-26-14-3-2-11(4-15(14)29-9-16(26)28)17-18-19(23-10-22-18)25-20(24-17)27-7-12-5-21-6-13(12)8-27;/h2-4,10,12-13,21H,5-9H2,1H3,(H,22,23,24,25);1H. The van der Waals surface area contributed by atoms with Crippen LogP contribution < -0.4 is 15.1 Å². The Labute approximate surface area is 184 Å². The molecule has 2 unspecified atom stereocenters. The average molecular weight is 444 g/mol. The van der Waals surface area contributed by atoms with Crippen LogP contribution >= 0.6 is 24.2 Å². The molecule has 0 bridgehead atoms. The number of benzene rings is 1. The third-order valence-electron chi connectivity index (χ3n) is 6.26. The molecular weight excluding hydrogens is 422 g/mol. The lowest BCUT2D eigenvalue weighted by molar-refractivity contribution is -0.116. The molecule has 0 saturated carbocycles. The van der Waals surface area contributed by atoms with Gasteiger partial charge >= 0.3 is 0 Å². The Kier molecular flexibility index (Phi) is 4.83. The summed E-state index contributed by atoms with van der Waals surface area (Å²) in [6.45, 7) is 4.14. The fraction of sp³-hybridized carbons (Fsp3) is 0.400. The van der Waals surface area contributed by atoms with Crippen LogP contribution in [0.15, 0.2) is 29.4 Å². The van der Waals surface area contributed by atoms with Crippen molar-refractivity contribution in [3.8, 4) is 11.3 Å². The number of carbonyl (C=O) groups excluding carboxylic acids is 1. The van der Waals surface area contributed by atoms with Gasteiger partial charge in [-0.2, -0.15) is 4.98 Å². The number of aromatic nitrogens is 4. The highest BCUT2D eigenvalue weighted by Crippen LogP contribution is 2.39. The normalized spacial score (nSPS) is 22.9. The molecule has 5 heterocycles. The molecular formula is C20H22ClN7OS. The predicted molar refractivity (Wildman–Crippen MR) is 121 cm³/mol. The predicted octanol–water partition coefficient (Wildman–Crippen LogP) is 2.17. The van der Waals surface area contributed by atoms with Crippen LogP contribution in [-0.4, -0.2) is 64.8 Å². The highest BCUT2D eigenvalue weighted by atomic mass is 35.5. The molecule has 3 aliphatic rings. The number of amides is 1. The number of H-pyrrole nitrogens is 1. The summed E-state index contributed by atoms with van der Waals surface area (Å²) in [5.41, 5.74) is 4.32. The number of rotatable bonds is 2. The molecule has 2 N–H and O–H groups in total. The minimum absolute atomic E-state index is 0. The molecule has 2 fully saturated rings. The van der Waals surface area contributed by atoms with E-state index in [1.54, 1.807) is 23.0 Å². The number of aromatic amines is 1. The molecule has 6 rings (SSSR count). The van der Waals surface area contributed by atoms with Crippen molar-refractivity contribution in [3.63, 3.8) is 0 Å². The molecule has 30 heavy (non-hydrogen) atoms. The van der Waals surface area contributed by atoms with E-state index in [-0.39, 0.29) is 18.3 Å². The first-order valence-corrected chi connectivity index (χ1v) is 10.9. The maximum atomic E-state index is 12.0. The number of anilines is 2. The van der Waals surface area contributed by atoms with Gasteiger partial charge in [-0.15, -0.1) is 24.2 Å². The zero-order valence-corrected chi connectivity index (χ0v) is 18.1. The lowest BCUT2D eigenvalue weighted by Crippen LogP contribution is -2.31. The Morgan fingerprint density at radius 3 is 2.77 bits per heavy atom. The van der Waals surface area contributed by atoms with Crippen molar-refractivity contribution in [2.75, 3.05) is 48.8 Å². The maximum absolute atomic E-state index is 12.0. The summed E-state index contributed by atoms with van der Waals surface area (Å²) in [6, 6.07) is 6.14. The molecule has 2 atom stereocenters. The number of carbonyl (C=O) groups is 1. The van der Waals surface area contributed by atoms with Crippen LogP contribution in [-0.2, 0) is 4.79 Å². The third kappa shape index (κ3) is 3.03. The van der Waals surface area contributed by atoms with E-state index in [1.165, 1.54) is 0 Å². The van der Waals surface area contributed by atoms with Crippen LogP contribution in [0.5, 0.6) is 0 Å². The van der Waals surface area contributed by atoms with Crippen LogP contribution in [0.2, 0.25) is 0 Å². The Bertz CT molecular complexity index is 1120. The Balaban J connectivity index is 0.00000193. The summed E-state index contributed by atoms with van der Waals surface area (Å²) in [7, 11) is 1.83. The fourth-order valence-electron chi connectivity index (χ4n) is 4.61. The van der Waals surface area contributed by atoms with E-state index < -0.39 is 0 Å². The number of imidazole rings is 1. The highest BCUT2D eigenvalue weighted by Gasteiger charge is 2.37. The second-order valence-corrected chi connectivity index (χ2v) is 9.00. The van der Waals surface area contributed by atoms with Crippen molar-refractivity contribution < 1.29 is 4.79 Å². The number of nitrogens with zero attached hydrogens (tertiary/aromatic N) is 5. The van der Waals surface area contributed by atoms with E-state index in [4.69, 9.17) is 9.97 Å². The second-order valence-electron chi connectivity index (χ2n) is 7.98. The van der Waals surface area contributed by atoms with Crippen molar-refractivity contribution in [1.29, 1.82) is 0 Å². The molecule has 8 nitrogen and oxygen atoms in total. The van der Waals surface area contributed by atoms with Gasteiger partial charge in [-0.05, 0) is 24.0 Å². The van der Waals surface area contributed by atoms with Crippen molar-refractivity contribution in [2.45, 2.75) is 4.90 Å². The van der Waals surface area contributed by atoms with Gasteiger partial charge in [-0.1, -0.05) is 6.07 Å². The van der Waals surface area contributed by atoms with Crippen LogP contribution in [0.3, 0.4) is 0 Å². The van der Waals surface area contributed by atoms with E-state index in [2.05, 4.69) is 26.3 Å². The fourth-order valence-corrected chi connectivity index (χ4v) is 5.65. The summed E-state index contributed by atoms with van der Waals surface area (Å²) in [4.78, 5) is 34.5. The summed E-state index contributed by atoms with van der Waals surface area (Å²) in [5, 5.41) is 3.48. The number of hydrogen-bond acceptors (Lipinski definition) is 7. The summed E-state index contributed by atoms with van der Waals surface area (Å²) < 4.78 is 0. The molecule has 2 saturated heterocycles. The Morgan fingerprint density at radius 2 is 1.97 bits per heavy atom. The number of halogens is 1. The zero-order valence-electron chi connectivity index (χ0n) is 16.5. The van der Waals surface area contributed by atoms with E-state index in [9.17, 15) is 4.79 Å². The van der Waals surface area contributed by atoms with Crippen molar-refractivity contribution in [1.82, 2.24) is 25.3 Å². The van der Waals surface area contributed by atoms with Gasteiger partial charge in [0.1, 0.15) is 11.2 Å². The van der Waals surface area contributed by atoms with E-state index in [1.807, 2.05) is 19.2 Å². The Hall–Kier alpha value is -2.36. The van der Waals surface area contributed by atoms with Crippen molar-refractivity contribution in [2.24, 2.45) is 11.8 Å². The smallest absolute Gasteiger partial charge is 0.237 e. The van der Waals surface area contributed by atoms with Gasteiger partial charge in [0.25, 0.3) is 0 Å². The summed E-state index contributed by atoms with van der Waals surface area (Å²) in [6.07, 6.45) is 1.68. The molecule has 0 spiro atoms. The minimum atomic E-state index is 0. The number of fused-ring (bicyclic) bond motifs is 3. The molecule has 0 radical (unpaired) electrons. The van der Waals surface area contributed by atoms with E-state index >= 15 is 0 Å². The molecule has 0 aliphatic carbocycles. The van der Waals surface area contributed by atoms with Crippen LogP contribution in [0.1, 0.15) is 0 Å². The first kappa shape index (κ1) is 19.6. The molecule has 3 aliphatic heterocycles. The molecule has 1 aromatic carbocycles. The minimum Gasteiger partial charge on any atom is -0.340 e. The van der Waals surface area contributed by atoms with E-state index in [0.29, 0.717) is 17.6 Å². The summed E-state index contributed by atoms with van der Waals surface area (Å²) >= 11 is 1.58. The van der Waals surface area contributed by atoms with Crippen LogP contribution in [0.4, 0.5) is 11.6 Å². The number of nitrogens with one attached hydrogen (secondary N) is 2. The van der Waals surface area contributed by atoms with Crippen molar-refractivity contribution in [3.05, 3.63) is 24.5 Å². The first-order chi connectivity index (χ1) is 14.2. The lowest BCUT2D eigenvalue weighted by Gasteiger charge is -2.25. The average Bonchev–Trinajstić information content (AvgIpc) is 3.45. The molecule has 2 aromatic heterocycles. The SMILES string of the molecule is CN1C(=O)CSc2cc(-c3nc(N4CC5CNCC5C4)nc4[nH]cnc34)ccc21.Cl. The lowest BCUT2D eigenvalue weighted by atomic mass is 10.0. The molecule has 156 valence electrons. The summed E-state index contributed by atoms with van der Waals surface area (Å²) in [5.74, 6) is 2.71. The quantitative estimate of drug-likeness (QED) is 0.627. The number of hydrogen-bond donors (Lipinski definition) is 2. The van der Waals surface area contributed by atoms with Gasteiger partial charge in [0.05, 0.1) is 17.8 Å². The van der Waals surface area contributed by atoms with Gasteiger partial charge in [-0.25, -0.2) is 9.97 Å². The zero-order chi connectivity index (χ0) is 19.5. The molecule has 10 heteroatoms. The topological polar surface area (TPSA) is 90.0 Å². The van der Waals surface area contributed by atoms with Crippen molar-refractivity contribution >= 4 is 52.9 Å². The van der Waals surface area contributed by atoms with Crippen LogP contribution in [0.25, 0.3) is 22.4 Å². The van der Waals surface area contributed by atoms with Gasteiger partial charge in [-0.3, -0.25) is 4.79 Å². The molecule has 3 aromatic rings. The van der Waals surface area contributed by atoms with Gasteiger partial charge in [0.2, 0.25) is 11.9 Å². The second kappa shape index (κ2) is 7.40. The van der Waals surface area contributed by atoms with Gasteiger partial charge in [0, 0.05) is 43.7 Å². The third-order valence-corrected chi connectivity index (χ3v) is 7.29. The van der Waals surface area contributed by atoms with E-state index in [0.717, 1.165) is 65.1 Å². The highest BCUT2D eigenvalue weighted by molar-refractivity contribution is 8.00. The first-order valence-electron chi connectivity index (χ1n) is 9.88. The monoisotopic (exact) mass is 443 g/mol. The van der Waals surface area contributed by atoms with Crippen LogP contribution in [0, 0.1) is 11.8 Å².